The molecule has 3 N–H and O–H groups in total. The number of benzene rings is 3. The molecule has 0 spiro atoms. The number of nitrogen functional groups attached to an aromatic ring is 1. The van der Waals surface area contributed by atoms with Gasteiger partial charge in [-0.25, -0.2) is 9.38 Å². The van der Waals surface area contributed by atoms with E-state index >= 15 is 0 Å². The van der Waals surface area contributed by atoms with Crippen molar-refractivity contribution in [2.45, 2.75) is 13.3 Å². The largest absolute Gasteiger partial charge is 0.457 e. The van der Waals surface area contributed by atoms with Gasteiger partial charge in [-0.15, -0.1) is 0 Å². The van der Waals surface area contributed by atoms with Crippen molar-refractivity contribution in [3.8, 4) is 17.6 Å². The minimum atomic E-state index is -0.610. The van der Waals surface area contributed by atoms with Crippen LogP contribution in [0.1, 0.15) is 16.7 Å². The molecule has 6 nitrogen and oxygen atoms in total. The summed E-state index contributed by atoms with van der Waals surface area (Å²) < 4.78 is 20.4. The molecule has 0 radical (unpaired) electrons. The molecule has 3 aromatic rings. The van der Waals surface area contributed by atoms with E-state index in [1.807, 2.05) is 68.4 Å². The lowest BCUT2D eigenvalue weighted by Crippen LogP contribution is -2.19. The molecular weight excluding hydrogens is 485 g/mol. The van der Waals surface area contributed by atoms with E-state index in [9.17, 15) is 9.65 Å². The number of nitrogens with one attached hydrogen (secondary N) is 1. The van der Waals surface area contributed by atoms with Gasteiger partial charge in [0.1, 0.15) is 23.1 Å². The number of hydrogen-bond donors (Lipinski definition) is 2. The fourth-order valence-corrected chi connectivity index (χ4v) is 3.60. The molecule has 33 heavy (non-hydrogen) atoms. The van der Waals surface area contributed by atoms with Crippen LogP contribution >= 0.6 is 15.9 Å². The average Bonchev–Trinajstić information content (AvgIpc) is 2.80. The zero-order valence-electron chi connectivity index (χ0n) is 18.7. The lowest BCUT2D eigenvalue weighted by atomic mass is 10.1. The molecule has 0 fully saturated rings. The predicted molar refractivity (Wildman–Crippen MR) is 135 cm³/mol. The highest BCUT2D eigenvalue weighted by Crippen LogP contribution is 2.30. The van der Waals surface area contributed by atoms with Crippen LogP contribution in [0, 0.1) is 24.1 Å². The van der Waals surface area contributed by atoms with Crippen LogP contribution in [0.5, 0.6) is 11.5 Å². The van der Waals surface area contributed by atoms with Crippen LogP contribution in [0.2, 0.25) is 0 Å². The fraction of sp³-hybridized carbons (Fsp3) is 0.200. The number of nitrogens with two attached hydrogens (primary N) is 1. The summed E-state index contributed by atoms with van der Waals surface area (Å²) in [6.07, 6.45) is 2.32. The lowest BCUT2D eigenvalue weighted by molar-refractivity contribution is 0.477. The number of nitriles is 1. The molecule has 0 aliphatic heterocycles. The third kappa shape index (κ3) is 6.02. The Balaban J connectivity index is 1.71. The number of hydrogen-bond acceptors (Lipinski definition) is 5. The fourth-order valence-electron chi connectivity index (χ4n) is 3.27. The Morgan fingerprint density at radius 3 is 2.73 bits per heavy atom. The second-order valence-electron chi connectivity index (χ2n) is 7.54. The van der Waals surface area contributed by atoms with Gasteiger partial charge in [0.25, 0.3) is 0 Å². The van der Waals surface area contributed by atoms with Crippen LogP contribution in [0.3, 0.4) is 0 Å². The van der Waals surface area contributed by atoms with Crippen molar-refractivity contribution in [2.24, 2.45) is 4.99 Å². The highest BCUT2D eigenvalue weighted by molar-refractivity contribution is 9.10. The minimum Gasteiger partial charge on any atom is -0.457 e. The number of ether oxygens (including phenoxy) is 1. The maximum absolute atomic E-state index is 14.1. The first kappa shape index (κ1) is 24.1. The van der Waals surface area contributed by atoms with Gasteiger partial charge in [-0.2, -0.15) is 5.26 Å². The Kier molecular flexibility index (Phi) is 7.91. The predicted octanol–water partition coefficient (Wildman–Crippen LogP) is 6.02. The smallest absolute Gasteiger partial charge is 0.157 e. The van der Waals surface area contributed by atoms with Gasteiger partial charge >= 0.3 is 0 Å². The van der Waals surface area contributed by atoms with Crippen molar-refractivity contribution >= 4 is 39.3 Å². The summed E-state index contributed by atoms with van der Waals surface area (Å²) in [5.41, 5.74) is 9.77. The van der Waals surface area contributed by atoms with Gasteiger partial charge in [-0.05, 0) is 88.9 Å². The van der Waals surface area contributed by atoms with E-state index in [0.717, 1.165) is 34.7 Å². The van der Waals surface area contributed by atoms with Crippen molar-refractivity contribution in [2.75, 3.05) is 31.7 Å². The highest BCUT2D eigenvalue weighted by Gasteiger charge is 2.11. The summed E-state index contributed by atoms with van der Waals surface area (Å²) in [6, 6.07) is 16.5. The highest BCUT2D eigenvalue weighted by atomic mass is 79.9. The lowest BCUT2D eigenvalue weighted by Gasteiger charge is -2.17. The topological polar surface area (TPSA) is 86.7 Å². The van der Waals surface area contributed by atoms with Crippen molar-refractivity contribution in [3.05, 3.63) is 75.5 Å². The molecule has 0 aliphatic rings. The number of nitrogens with zero attached hydrogens (tertiary/aromatic N) is 3. The number of likely N-dealkylation sites (N-methyl/N-ethyl adjacent to an activating group) is 1. The van der Waals surface area contributed by atoms with E-state index in [4.69, 9.17) is 10.5 Å². The maximum Gasteiger partial charge on any atom is 0.157 e. The Morgan fingerprint density at radius 1 is 1.24 bits per heavy atom. The molecule has 0 saturated heterocycles. The first-order valence-corrected chi connectivity index (χ1v) is 11.1. The monoisotopic (exact) mass is 509 g/mol. The van der Waals surface area contributed by atoms with E-state index in [0.29, 0.717) is 12.2 Å². The SMILES string of the molecule is CNc1ccc(Oc2ccc(N)cc2C)cc1CCN(C)/C=N/c1ccc(Br)c(F)c1C#N. The molecule has 0 saturated carbocycles. The Labute approximate surface area is 201 Å². The van der Waals surface area contributed by atoms with E-state index in [1.165, 1.54) is 6.07 Å². The van der Waals surface area contributed by atoms with Gasteiger partial charge < -0.3 is 20.7 Å². The molecule has 0 aliphatic carbocycles. The number of anilines is 2. The summed E-state index contributed by atoms with van der Waals surface area (Å²) in [5.74, 6) is 0.880. The minimum absolute atomic E-state index is 0.0886. The number of rotatable bonds is 8. The van der Waals surface area contributed by atoms with Crippen LogP contribution in [0.4, 0.5) is 21.5 Å². The molecule has 0 amide bonds. The normalized spacial score (nSPS) is 10.8. The summed E-state index contributed by atoms with van der Waals surface area (Å²) in [4.78, 5) is 6.18. The first-order chi connectivity index (χ1) is 15.8. The third-order valence-corrected chi connectivity index (χ3v) is 5.70. The summed E-state index contributed by atoms with van der Waals surface area (Å²) in [7, 11) is 3.75. The first-order valence-electron chi connectivity index (χ1n) is 10.3. The quantitative estimate of drug-likeness (QED) is 0.220. The van der Waals surface area contributed by atoms with Crippen LogP contribution < -0.4 is 15.8 Å². The zero-order valence-corrected chi connectivity index (χ0v) is 20.3. The van der Waals surface area contributed by atoms with E-state index < -0.39 is 5.82 Å². The Morgan fingerprint density at radius 2 is 2.03 bits per heavy atom. The molecule has 0 unspecified atom stereocenters. The van der Waals surface area contributed by atoms with Gasteiger partial charge in [0.15, 0.2) is 5.82 Å². The standard InChI is InChI=1S/C25H25BrFN5O/c1-16-12-18(29)4-9-24(16)33-19-5-7-22(30-2)17(13-19)10-11-32(3)15-31-23-8-6-21(26)25(27)20(23)14-28/h4-9,12-13,15,30H,10-11,29H2,1-3H3/b31-15+. The molecule has 170 valence electrons. The molecule has 3 aromatic carbocycles. The van der Waals surface area contributed by atoms with Crippen molar-refractivity contribution < 1.29 is 9.13 Å². The second kappa shape index (κ2) is 10.8. The van der Waals surface area contributed by atoms with E-state index in [2.05, 4.69) is 26.2 Å². The molecule has 0 bridgehead atoms. The Hall–Kier alpha value is -3.57. The van der Waals surface area contributed by atoms with Crippen LogP contribution in [0.15, 0.2) is 58.0 Å². The third-order valence-electron chi connectivity index (χ3n) is 5.09. The summed E-state index contributed by atoms with van der Waals surface area (Å²) in [6.45, 7) is 2.61. The number of aryl methyl sites for hydroxylation is 1. The van der Waals surface area contributed by atoms with E-state index in [1.54, 1.807) is 12.4 Å². The van der Waals surface area contributed by atoms with Crippen LogP contribution in [-0.4, -0.2) is 31.9 Å². The van der Waals surface area contributed by atoms with Crippen molar-refractivity contribution in [1.29, 1.82) is 5.26 Å². The summed E-state index contributed by atoms with van der Waals surface area (Å²) in [5, 5.41) is 12.4. The van der Waals surface area contributed by atoms with Gasteiger partial charge in [-0.3, -0.25) is 0 Å². The molecular formula is C25H25BrFN5O. The molecule has 0 aromatic heterocycles. The maximum atomic E-state index is 14.1. The van der Waals surface area contributed by atoms with Crippen LogP contribution in [0.25, 0.3) is 0 Å². The molecule has 0 atom stereocenters. The van der Waals surface area contributed by atoms with Crippen molar-refractivity contribution in [3.63, 3.8) is 0 Å². The van der Waals surface area contributed by atoms with Gasteiger partial charge in [0.2, 0.25) is 0 Å². The molecule has 0 heterocycles. The van der Waals surface area contributed by atoms with Gasteiger partial charge in [-0.1, -0.05) is 0 Å². The number of aliphatic imine (C=N–C) groups is 1. The number of halogens is 2. The second-order valence-corrected chi connectivity index (χ2v) is 8.39. The molecule has 8 heteroatoms. The Bertz CT molecular complexity index is 1220. The summed E-state index contributed by atoms with van der Waals surface area (Å²) >= 11 is 3.09. The molecule has 3 rings (SSSR count). The van der Waals surface area contributed by atoms with Gasteiger partial charge in [0, 0.05) is 32.0 Å². The van der Waals surface area contributed by atoms with Crippen LogP contribution in [-0.2, 0) is 6.42 Å². The average molecular weight is 510 g/mol. The zero-order chi connectivity index (χ0) is 24.0. The van der Waals surface area contributed by atoms with Crippen molar-refractivity contribution in [1.82, 2.24) is 4.90 Å². The van der Waals surface area contributed by atoms with E-state index in [-0.39, 0.29) is 15.7 Å². The van der Waals surface area contributed by atoms with Gasteiger partial charge in [0.05, 0.1) is 16.5 Å².